The van der Waals surface area contributed by atoms with E-state index in [0.717, 1.165) is 24.0 Å². The Kier molecular flexibility index (Phi) is 5.12. The fourth-order valence-electron chi connectivity index (χ4n) is 2.50. The van der Waals surface area contributed by atoms with Crippen LogP contribution in [0.3, 0.4) is 0 Å². The Bertz CT molecular complexity index is 384. The van der Waals surface area contributed by atoms with E-state index in [4.69, 9.17) is 0 Å². The Morgan fingerprint density at radius 2 is 1.72 bits per heavy atom. The molecule has 2 N–H and O–H groups in total. The minimum atomic E-state index is -3.64. The van der Waals surface area contributed by atoms with Crippen LogP contribution in [0.5, 0.6) is 0 Å². The van der Waals surface area contributed by atoms with E-state index in [1.54, 1.807) is 13.8 Å². The summed E-state index contributed by atoms with van der Waals surface area (Å²) in [6.07, 6.45) is 3.14. The SMILES string of the molecule is CCN(CC)S(=O)(=O)[NH2+]C1(C(=O)[O-])CCCCC1. The van der Waals surface area contributed by atoms with Gasteiger partial charge in [0, 0.05) is 25.9 Å². The summed E-state index contributed by atoms with van der Waals surface area (Å²) >= 11 is 0. The van der Waals surface area contributed by atoms with Crippen molar-refractivity contribution in [1.29, 1.82) is 0 Å². The Labute approximate surface area is 109 Å². The zero-order chi connectivity index (χ0) is 13.8. The second-order valence-corrected chi connectivity index (χ2v) is 6.53. The largest absolute Gasteiger partial charge is 0.544 e. The number of hydrogen-bond acceptors (Lipinski definition) is 4. The molecular weight excluding hydrogens is 256 g/mol. The number of carbonyl (C=O) groups is 1. The van der Waals surface area contributed by atoms with Crippen molar-refractivity contribution >= 4 is 16.2 Å². The van der Waals surface area contributed by atoms with Gasteiger partial charge < -0.3 is 9.90 Å². The molecule has 0 spiro atoms. The summed E-state index contributed by atoms with van der Waals surface area (Å²) in [7, 11) is -3.64. The molecule has 106 valence electrons. The molecule has 1 aliphatic rings. The van der Waals surface area contributed by atoms with Crippen LogP contribution in [-0.2, 0) is 15.0 Å². The van der Waals surface area contributed by atoms with Crippen LogP contribution in [0, 0.1) is 0 Å². The van der Waals surface area contributed by atoms with Crippen molar-refractivity contribution in [2.75, 3.05) is 13.1 Å². The Hall–Kier alpha value is -0.660. The van der Waals surface area contributed by atoms with Gasteiger partial charge in [-0.3, -0.25) is 0 Å². The normalized spacial score (nSPS) is 19.9. The van der Waals surface area contributed by atoms with Crippen molar-refractivity contribution in [3.63, 3.8) is 0 Å². The molecule has 0 aromatic heterocycles. The molecule has 1 saturated carbocycles. The van der Waals surface area contributed by atoms with Crippen LogP contribution in [0.2, 0.25) is 0 Å². The van der Waals surface area contributed by atoms with E-state index in [0.29, 0.717) is 25.9 Å². The number of carboxylic acids is 1. The molecule has 0 aromatic rings. The molecule has 0 radical (unpaired) electrons. The molecule has 0 unspecified atom stereocenters. The highest BCUT2D eigenvalue weighted by Crippen LogP contribution is 2.24. The molecule has 7 heteroatoms. The van der Waals surface area contributed by atoms with Crippen LogP contribution in [0.25, 0.3) is 0 Å². The van der Waals surface area contributed by atoms with Crippen molar-refractivity contribution in [2.24, 2.45) is 0 Å². The zero-order valence-electron chi connectivity index (χ0n) is 11.0. The quantitative estimate of drug-likeness (QED) is 0.646. The average Bonchev–Trinajstić information content (AvgIpc) is 2.30. The number of carbonyl (C=O) groups excluding carboxylic acids is 1. The molecule has 18 heavy (non-hydrogen) atoms. The lowest BCUT2D eigenvalue weighted by molar-refractivity contribution is -0.593. The van der Waals surface area contributed by atoms with Crippen LogP contribution in [0.4, 0.5) is 0 Å². The summed E-state index contributed by atoms with van der Waals surface area (Å²) in [5.41, 5.74) is -1.31. The maximum atomic E-state index is 12.1. The minimum Gasteiger partial charge on any atom is -0.544 e. The Morgan fingerprint density at radius 1 is 1.22 bits per heavy atom. The van der Waals surface area contributed by atoms with Gasteiger partial charge in [0.25, 0.3) is 0 Å². The zero-order valence-corrected chi connectivity index (χ0v) is 11.8. The molecule has 1 fully saturated rings. The van der Waals surface area contributed by atoms with Crippen molar-refractivity contribution in [3.8, 4) is 0 Å². The third-order valence-corrected chi connectivity index (χ3v) is 5.58. The second kappa shape index (κ2) is 5.99. The number of aliphatic carboxylic acids is 1. The standard InChI is InChI=1S/C11H22N2O4S/c1-3-13(4-2)18(16,17)12-11(10(14)15)8-6-5-7-9-11/h12H,3-9H2,1-2H3,(H,14,15). The topological polar surface area (TPSA) is 94.1 Å². The van der Waals surface area contributed by atoms with Crippen LogP contribution < -0.4 is 9.83 Å². The minimum absolute atomic E-state index is 0.346. The smallest absolute Gasteiger partial charge is 0.370 e. The van der Waals surface area contributed by atoms with Crippen molar-refractivity contribution in [3.05, 3.63) is 0 Å². The molecule has 1 aliphatic carbocycles. The highest BCUT2D eigenvalue weighted by atomic mass is 32.2. The Morgan fingerprint density at radius 3 is 2.11 bits per heavy atom. The first-order chi connectivity index (χ1) is 8.38. The summed E-state index contributed by atoms with van der Waals surface area (Å²) in [5.74, 6) is -1.27. The Balaban J connectivity index is 2.93. The van der Waals surface area contributed by atoms with Gasteiger partial charge in [-0.2, -0.15) is 12.7 Å². The van der Waals surface area contributed by atoms with E-state index in [2.05, 4.69) is 0 Å². The first-order valence-corrected chi connectivity index (χ1v) is 7.96. The predicted molar refractivity (Wildman–Crippen MR) is 64.6 cm³/mol. The van der Waals surface area contributed by atoms with Crippen molar-refractivity contribution < 1.29 is 23.0 Å². The number of rotatable bonds is 6. The van der Waals surface area contributed by atoms with E-state index in [9.17, 15) is 18.3 Å². The van der Waals surface area contributed by atoms with Crippen LogP contribution in [-0.4, -0.2) is 37.3 Å². The van der Waals surface area contributed by atoms with Gasteiger partial charge in [-0.05, 0) is 12.8 Å². The molecule has 6 nitrogen and oxygen atoms in total. The first-order valence-electron chi connectivity index (χ1n) is 6.45. The van der Waals surface area contributed by atoms with E-state index in [1.165, 1.54) is 4.31 Å². The molecular formula is C11H22N2O4S. The summed E-state index contributed by atoms with van der Waals surface area (Å²) < 4.78 is 26.6. The number of nitrogens with zero attached hydrogens (tertiary/aromatic N) is 1. The van der Waals surface area contributed by atoms with Gasteiger partial charge in [-0.1, -0.05) is 20.3 Å². The maximum Gasteiger partial charge on any atom is 0.370 e. The van der Waals surface area contributed by atoms with Gasteiger partial charge in [-0.15, -0.1) is 0 Å². The molecule has 0 heterocycles. The fourth-order valence-corrected chi connectivity index (χ4v) is 4.27. The van der Waals surface area contributed by atoms with E-state index >= 15 is 0 Å². The van der Waals surface area contributed by atoms with Gasteiger partial charge in [0.05, 0.1) is 0 Å². The van der Waals surface area contributed by atoms with Crippen molar-refractivity contribution in [1.82, 2.24) is 4.31 Å². The number of carboxylic acid groups (broad SMARTS) is 1. The molecule has 0 saturated heterocycles. The lowest BCUT2D eigenvalue weighted by Gasteiger charge is -2.35. The van der Waals surface area contributed by atoms with E-state index in [1.807, 2.05) is 0 Å². The van der Waals surface area contributed by atoms with Gasteiger partial charge in [0.1, 0.15) is 5.97 Å². The van der Waals surface area contributed by atoms with E-state index in [-0.39, 0.29) is 0 Å². The van der Waals surface area contributed by atoms with Crippen LogP contribution in [0.1, 0.15) is 46.0 Å². The molecule has 0 atom stereocenters. The fraction of sp³-hybridized carbons (Fsp3) is 0.909. The summed E-state index contributed by atoms with van der Waals surface area (Å²) in [5, 5.41) is 11.3. The lowest BCUT2D eigenvalue weighted by atomic mass is 9.83. The first kappa shape index (κ1) is 15.4. The van der Waals surface area contributed by atoms with Gasteiger partial charge in [-0.25, -0.2) is 4.72 Å². The third kappa shape index (κ3) is 3.21. The van der Waals surface area contributed by atoms with Gasteiger partial charge in [0.2, 0.25) is 0 Å². The third-order valence-electron chi connectivity index (χ3n) is 3.59. The summed E-state index contributed by atoms with van der Waals surface area (Å²) in [6, 6.07) is 0. The number of hydrogen-bond donors (Lipinski definition) is 1. The molecule has 0 aliphatic heterocycles. The summed E-state index contributed by atoms with van der Waals surface area (Å²) in [6.45, 7) is 4.17. The van der Waals surface area contributed by atoms with Gasteiger partial charge in [0.15, 0.2) is 5.54 Å². The number of quaternary nitrogens is 1. The predicted octanol–water partition coefficient (Wildman–Crippen LogP) is -1.41. The number of nitrogens with two attached hydrogens (primary N) is 1. The second-order valence-electron chi connectivity index (χ2n) is 4.75. The summed E-state index contributed by atoms with van der Waals surface area (Å²) in [4.78, 5) is 11.3. The van der Waals surface area contributed by atoms with Crippen molar-refractivity contribution in [2.45, 2.75) is 51.5 Å². The maximum absolute atomic E-state index is 12.1. The molecule has 0 amide bonds. The van der Waals surface area contributed by atoms with Gasteiger partial charge >= 0.3 is 10.2 Å². The molecule has 1 rings (SSSR count). The average molecular weight is 278 g/mol. The highest BCUT2D eigenvalue weighted by Gasteiger charge is 2.43. The monoisotopic (exact) mass is 278 g/mol. The highest BCUT2D eigenvalue weighted by molar-refractivity contribution is 7.82. The lowest BCUT2D eigenvalue weighted by Crippen LogP contribution is -3.03. The van der Waals surface area contributed by atoms with Crippen LogP contribution >= 0.6 is 0 Å². The molecule has 0 aromatic carbocycles. The van der Waals surface area contributed by atoms with Crippen LogP contribution in [0.15, 0.2) is 0 Å². The van der Waals surface area contributed by atoms with E-state index < -0.39 is 21.7 Å². The molecule has 0 bridgehead atoms.